The molecule has 1 fully saturated rings. The molecule has 0 aromatic carbocycles. The standard InChI is InChI=1S/C15H24N2O3/c1-4-15(2,17-8-10-20-11-9-17)14(18)13-12(19-3)6-5-7-16-13/h5-7,14,18H,4,8-11H2,1-3H3. The zero-order chi connectivity index (χ0) is 14.6. The van der Waals surface area contributed by atoms with Gasteiger partial charge in [-0.15, -0.1) is 0 Å². The predicted molar refractivity (Wildman–Crippen MR) is 76.8 cm³/mol. The summed E-state index contributed by atoms with van der Waals surface area (Å²) in [6, 6.07) is 3.65. The van der Waals surface area contributed by atoms with Gasteiger partial charge in [0.2, 0.25) is 0 Å². The maximum Gasteiger partial charge on any atom is 0.143 e. The summed E-state index contributed by atoms with van der Waals surface area (Å²) in [5.41, 5.74) is 0.233. The maximum absolute atomic E-state index is 10.9. The second kappa shape index (κ2) is 6.52. The highest BCUT2D eigenvalue weighted by molar-refractivity contribution is 5.30. The molecule has 0 amide bonds. The molecule has 1 aromatic heterocycles. The smallest absolute Gasteiger partial charge is 0.143 e. The molecule has 1 aliphatic heterocycles. The first-order chi connectivity index (χ1) is 9.63. The summed E-state index contributed by atoms with van der Waals surface area (Å²) in [7, 11) is 1.60. The number of methoxy groups -OCH3 is 1. The van der Waals surface area contributed by atoms with Crippen molar-refractivity contribution in [3.05, 3.63) is 24.0 Å². The van der Waals surface area contributed by atoms with E-state index in [2.05, 4.69) is 23.7 Å². The third kappa shape index (κ3) is 2.80. The fourth-order valence-electron chi connectivity index (χ4n) is 2.74. The molecular weight excluding hydrogens is 256 g/mol. The number of rotatable bonds is 5. The summed E-state index contributed by atoms with van der Waals surface area (Å²) >= 11 is 0. The zero-order valence-electron chi connectivity index (χ0n) is 12.5. The molecule has 5 heteroatoms. The van der Waals surface area contributed by atoms with Gasteiger partial charge in [-0.2, -0.15) is 0 Å². The lowest BCUT2D eigenvalue weighted by Crippen LogP contribution is -2.54. The third-order valence-electron chi connectivity index (χ3n) is 4.32. The molecule has 2 rings (SSSR count). The first-order valence-corrected chi connectivity index (χ1v) is 7.13. The van der Waals surface area contributed by atoms with Crippen molar-refractivity contribution in [2.75, 3.05) is 33.4 Å². The Hall–Kier alpha value is -1.17. The van der Waals surface area contributed by atoms with Gasteiger partial charge in [0.1, 0.15) is 17.5 Å². The van der Waals surface area contributed by atoms with E-state index in [0.717, 1.165) is 19.5 Å². The average Bonchev–Trinajstić information content (AvgIpc) is 2.54. The molecule has 2 unspecified atom stereocenters. The number of pyridine rings is 1. The van der Waals surface area contributed by atoms with Crippen LogP contribution in [0, 0.1) is 0 Å². The lowest BCUT2D eigenvalue weighted by molar-refractivity contribution is -0.0752. The van der Waals surface area contributed by atoms with E-state index in [1.165, 1.54) is 0 Å². The van der Waals surface area contributed by atoms with E-state index < -0.39 is 6.10 Å². The molecule has 5 nitrogen and oxygen atoms in total. The highest BCUT2D eigenvalue weighted by Crippen LogP contribution is 2.37. The number of aliphatic hydroxyl groups excluding tert-OH is 1. The summed E-state index contributed by atoms with van der Waals surface area (Å²) in [5, 5.41) is 10.9. The van der Waals surface area contributed by atoms with Crippen LogP contribution >= 0.6 is 0 Å². The SMILES string of the molecule is CCC(C)(C(O)c1ncccc1OC)N1CCOCC1. The number of hydrogen-bond donors (Lipinski definition) is 1. The van der Waals surface area contributed by atoms with Crippen molar-refractivity contribution in [3.8, 4) is 5.75 Å². The van der Waals surface area contributed by atoms with Gasteiger partial charge in [0, 0.05) is 24.8 Å². The predicted octanol–water partition coefficient (Wildman–Crippen LogP) is 1.62. The molecule has 0 radical (unpaired) electrons. The molecule has 2 atom stereocenters. The quantitative estimate of drug-likeness (QED) is 0.888. The van der Waals surface area contributed by atoms with Crippen LogP contribution in [0.5, 0.6) is 5.75 Å². The van der Waals surface area contributed by atoms with Crippen LogP contribution in [0.25, 0.3) is 0 Å². The van der Waals surface area contributed by atoms with Gasteiger partial charge in [0.25, 0.3) is 0 Å². The van der Waals surface area contributed by atoms with Gasteiger partial charge in [0.05, 0.1) is 20.3 Å². The van der Waals surface area contributed by atoms with Gasteiger partial charge in [-0.1, -0.05) is 6.92 Å². The van der Waals surface area contributed by atoms with Crippen LogP contribution in [0.1, 0.15) is 32.1 Å². The minimum Gasteiger partial charge on any atom is -0.495 e. The fourth-order valence-corrected chi connectivity index (χ4v) is 2.74. The van der Waals surface area contributed by atoms with Gasteiger partial charge in [-0.05, 0) is 25.5 Å². The number of hydrogen-bond acceptors (Lipinski definition) is 5. The highest BCUT2D eigenvalue weighted by Gasteiger charge is 2.40. The number of nitrogens with zero attached hydrogens (tertiary/aromatic N) is 2. The summed E-state index contributed by atoms with van der Waals surface area (Å²) in [6.07, 6.45) is 1.83. The summed E-state index contributed by atoms with van der Waals surface area (Å²) in [5.74, 6) is 0.632. The lowest BCUT2D eigenvalue weighted by Gasteiger charge is -2.45. The maximum atomic E-state index is 10.9. The van der Waals surface area contributed by atoms with Crippen molar-refractivity contribution in [1.29, 1.82) is 0 Å². The third-order valence-corrected chi connectivity index (χ3v) is 4.32. The number of aliphatic hydroxyl groups is 1. The first kappa shape index (κ1) is 15.2. The Morgan fingerprint density at radius 2 is 2.20 bits per heavy atom. The lowest BCUT2D eigenvalue weighted by atomic mass is 9.86. The van der Waals surface area contributed by atoms with Crippen LogP contribution in [0.2, 0.25) is 0 Å². The van der Waals surface area contributed by atoms with Crippen molar-refractivity contribution in [2.24, 2.45) is 0 Å². The van der Waals surface area contributed by atoms with E-state index >= 15 is 0 Å². The number of aromatic nitrogens is 1. The molecule has 1 aliphatic rings. The molecule has 0 saturated carbocycles. The van der Waals surface area contributed by atoms with E-state index in [4.69, 9.17) is 9.47 Å². The Kier molecular flexibility index (Phi) is 4.96. The summed E-state index contributed by atoms with van der Waals surface area (Å²) in [4.78, 5) is 6.61. The fraction of sp³-hybridized carbons (Fsp3) is 0.667. The minimum absolute atomic E-state index is 0.370. The van der Waals surface area contributed by atoms with Crippen LogP contribution < -0.4 is 4.74 Å². The Labute approximate surface area is 120 Å². The number of ether oxygens (including phenoxy) is 2. The molecule has 112 valence electrons. The minimum atomic E-state index is -0.693. The Balaban J connectivity index is 2.29. The second-order valence-corrected chi connectivity index (χ2v) is 5.30. The molecule has 20 heavy (non-hydrogen) atoms. The van der Waals surface area contributed by atoms with Crippen molar-refractivity contribution in [2.45, 2.75) is 31.9 Å². The second-order valence-electron chi connectivity index (χ2n) is 5.30. The molecule has 0 bridgehead atoms. The van der Waals surface area contributed by atoms with Gasteiger partial charge < -0.3 is 14.6 Å². The van der Waals surface area contributed by atoms with Crippen molar-refractivity contribution in [3.63, 3.8) is 0 Å². The molecule has 1 N–H and O–H groups in total. The zero-order valence-corrected chi connectivity index (χ0v) is 12.5. The molecule has 0 spiro atoms. The van der Waals surface area contributed by atoms with Crippen LogP contribution in [0.3, 0.4) is 0 Å². The summed E-state index contributed by atoms with van der Waals surface area (Å²) < 4.78 is 10.7. The molecule has 2 heterocycles. The highest BCUT2D eigenvalue weighted by atomic mass is 16.5. The van der Waals surface area contributed by atoms with E-state index in [-0.39, 0.29) is 5.54 Å². The van der Waals surface area contributed by atoms with Crippen molar-refractivity contribution < 1.29 is 14.6 Å². The van der Waals surface area contributed by atoms with E-state index in [1.807, 2.05) is 12.1 Å². The van der Waals surface area contributed by atoms with E-state index in [9.17, 15) is 5.11 Å². The molecule has 1 aromatic rings. The molecular formula is C15H24N2O3. The van der Waals surface area contributed by atoms with Crippen LogP contribution in [0.4, 0.5) is 0 Å². The van der Waals surface area contributed by atoms with E-state index in [1.54, 1.807) is 13.3 Å². The normalized spacial score (nSPS) is 21.2. The topological polar surface area (TPSA) is 54.8 Å². The Morgan fingerprint density at radius 3 is 2.80 bits per heavy atom. The van der Waals surface area contributed by atoms with Crippen LogP contribution in [-0.4, -0.2) is 53.9 Å². The van der Waals surface area contributed by atoms with Gasteiger partial charge in [0.15, 0.2) is 0 Å². The molecule has 0 aliphatic carbocycles. The van der Waals surface area contributed by atoms with Gasteiger partial charge in [-0.3, -0.25) is 9.88 Å². The van der Waals surface area contributed by atoms with Crippen LogP contribution in [0.15, 0.2) is 18.3 Å². The number of morpholine rings is 1. The van der Waals surface area contributed by atoms with Gasteiger partial charge in [-0.25, -0.2) is 0 Å². The largest absolute Gasteiger partial charge is 0.495 e. The average molecular weight is 280 g/mol. The molecule has 1 saturated heterocycles. The van der Waals surface area contributed by atoms with Gasteiger partial charge >= 0.3 is 0 Å². The monoisotopic (exact) mass is 280 g/mol. The van der Waals surface area contributed by atoms with E-state index in [0.29, 0.717) is 24.7 Å². The Bertz CT molecular complexity index is 435. The Morgan fingerprint density at radius 1 is 1.50 bits per heavy atom. The van der Waals surface area contributed by atoms with Crippen LogP contribution in [-0.2, 0) is 4.74 Å². The van der Waals surface area contributed by atoms with Crippen molar-refractivity contribution in [1.82, 2.24) is 9.88 Å². The van der Waals surface area contributed by atoms with Crippen molar-refractivity contribution >= 4 is 0 Å². The first-order valence-electron chi connectivity index (χ1n) is 7.13. The summed E-state index contributed by atoms with van der Waals surface area (Å²) in [6.45, 7) is 7.25.